The number of anilines is 3. The molecule has 2 amide bonds. The van der Waals surface area contributed by atoms with Crippen LogP contribution < -0.4 is 10.2 Å². The summed E-state index contributed by atoms with van der Waals surface area (Å²) in [7, 11) is 0. The summed E-state index contributed by atoms with van der Waals surface area (Å²) >= 11 is 0. The lowest BCUT2D eigenvalue weighted by Gasteiger charge is -2.21. The highest BCUT2D eigenvalue weighted by Crippen LogP contribution is 2.51. The number of nitriles is 1. The number of rotatable bonds is 5. The van der Waals surface area contributed by atoms with Crippen molar-refractivity contribution in [1.29, 1.82) is 5.26 Å². The van der Waals surface area contributed by atoms with Crippen LogP contribution in [0.3, 0.4) is 0 Å². The van der Waals surface area contributed by atoms with Crippen LogP contribution in [-0.2, 0) is 9.53 Å². The first-order valence-electron chi connectivity index (χ1n) is 11.4. The van der Waals surface area contributed by atoms with Crippen molar-refractivity contribution < 1.29 is 14.3 Å². The van der Waals surface area contributed by atoms with Gasteiger partial charge in [-0.1, -0.05) is 0 Å². The molecule has 1 saturated carbocycles. The van der Waals surface area contributed by atoms with Gasteiger partial charge in [0.1, 0.15) is 17.1 Å². The van der Waals surface area contributed by atoms with Gasteiger partial charge in [-0.2, -0.15) is 5.26 Å². The number of amides is 2. The van der Waals surface area contributed by atoms with Crippen molar-refractivity contribution in [2.24, 2.45) is 11.3 Å². The van der Waals surface area contributed by atoms with Crippen LogP contribution in [0.5, 0.6) is 0 Å². The molecular formula is C24H26N6O3. The van der Waals surface area contributed by atoms with Gasteiger partial charge in [0.2, 0.25) is 5.91 Å². The molecule has 3 fully saturated rings. The molecule has 3 aliphatic rings. The molecule has 0 aromatic carbocycles. The maximum Gasteiger partial charge on any atom is 0.255 e. The van der Waals surface area contributed by atoms with Gasteiger partial charge in [0, 0.05) is 50.4 Å². The van der Waals surface area contributed by atoms with Crippen LogP contribution in [-0.4, -0.2) is 59.5 Å². The van der Waals surface area contributed by atoms with Crippen molar-refractivity contribution >= 4 is 29.1 Å². The topological polar surface area (TPSA) is 111 Å². The summed E-state index contributed by atoms with van der Waals surface area (Å²) in [6.07, 6.45) is 6.49. The van der Waals surface area contributed by atoms with E-state index >= 15 is 0 Å². The van der Waals surface area contributed by atoms with Crippen molar-refractivity contribution in [2.45, 2.75) is 25.7 Å². The minimum Gasteiger partial charge on any atom is -0.380 e. The SMILES string of the molecule is N#C[C@@]1(C2CC2)CCN(c2ccnc(Nc3ccc(C(=O)N4CCCOCC4)cn3)c2)C1=O. The zero-order valence-corrected chi connectivity index (χ0v) is 18.4. The zero-order valence-electron chi connectivity index (χ0n) is 18.4. The number of carbonyl (C=O) groups excluding carboxylic acids is 2. The Morgan fingerprint density at radius 1 is 1.15 bits per heavy atom. The van der Waals surface area contributed by atoms with Crippen LogP contribution in [0.2, 0.25) is 0 Å². The quantitative estimate of drug-likeness (QED) is 0.752. The van der Waals surface area contributed by atoms with E-state index < -0.39 is 5.41 Å². The number of nitrogens with one attached hydrogen (secondary N) is 1. The smallest absolute Gasteiger partial charge is 0.255 e. The highest BCUT2D eigenvalue weighted by molar-refractivity contribution is 6.02. The summed E-state index contributed by atoms with van der Waals surface area (Å²) in [6.45, 7) is 3.02. The maximum atomic E-state index is 13.1. The number of aromatic nitrogens is 2. The first kappa shape index (κ1) is 21.3. The number of nitrogens with zero attached hydrogens (tertiary/aromatic N) is 5. The summed E-state index contributed by atoms with van der Waals surface area (Å²) in [4.78, 5) is 38.0. The molecule has 1 atom stereocenters. The predicted octanol–water partition coefficient (Wildman–Crippen LogP) is 2.74. The largest absolute Gasteiger partial charge is 0.380 e. The fourth-order valence-electron chi connectivity index (χ4n) is 4.65. The van der Waals surface area contributed by atoms with Crippen LogP contribution in [0.25, 0.3) is 0 Å². The Morgan fingerprint density at radius 3 is 2.79 bits per heavy atom. The van der Waals surface area contributed by atoms with Crippen LogP contribution in [0, 0.1) is 22.7 Å². The van der Waals surface area contributed by atoms with E-state index in [1.165, 1.54) is 0 Å². The first-order chi connectivity index (χ1) is 16.1. The highest BCUT2D eigenvalue weighted by Gasteiger charge is 2.56. The first-order valence-corrected chi connectivity index (χ1v) is 11.4. The molecule has 4 heterocycles. The van der Waals surface area contributed by atoms with Gasteiger partial charge in [-0.3, -0.25) is 9.59 Å². The van der Waals surface area contributed by atoms with Gasteiger partial charge in [-0.25, -0.2) is 9.97 Å². The molecule has 1 aliphatic carbocycles. The molecule has 2 aliphatic heterocycles. The van der Waals surface area contributed by atoms with Crippen molar-refractivity contribution in [3.8, 4) is 6.07 Å². The number of hydrogen-bond acceptors (Lipinski definition) is 7. The van der Waals surface area contributed by atoms with E-state index in [1.54, 1.807) is 46.5 Å². The van der Waals surface area contributed by atoms with Gasteiger partial charge >= 0.3 is 0 Å². The van der Waals surface area contributed by atoms with Crippen LogP contribution in [0.4, 0.5) is 17.3 Å². The third kappa shape index (κ3) is 4.14. The average molecular weight is 447 g/mol. The van der Waals surface area contributed by atoms with Crippen molar-refractivity contribution in [3.05, 3.63) is 42.2 Å². The molecular weight excluding hydrogens is 420 g/mol. The number of carbonyl (C=O) groups is 2. The van der Waals surface area contributed by atoms with E-state index in [4.69, 9.17) is 4.74 Å². The van der Waals surface area contributed by atoms with E-state index in [9.17, 15) is 14.9 Å². The third-order valence-electron chi connectivity index (χ3n) is 6.66. The van der Waals surface area contributed by atoms with Crippen molar-refractivity contribution in [1.82, 2.24) is 14.9 Å². The van der Waals surface area contributed by atoms with Gasteiger partial charge in [-0.15, -0.1) is 0 Å². The van der Waals surface area contributed by atoms with Crippen LogP contribution in [0.1, 0.15) is 36.0 Å². The Kier molecular flexibility index (Phi) is 5.68. The van der Waals surface area contributed by atoms with Gasteiger partial charge in [0.15, 0.2) is 0 Å². The number of hydrogen-bond donors (Lipinski definition) is 1. The average Bonchev–Trinajstić information content (AvgIpc) is 3.67. The van der Waals surface area contributed by atoms with E-state index in [-0.39, 0.29) is 17.7 Å². The molecule has 2 aromatic heterocycles. The predicted molar refractivity (Wildman–Crippen MR) is 121 cm³/mol. The summed E-state index contributed by atoms with van der Waals surface area (Å²) in [6, 6.07) is 9.37. The van der Waals surface area contributed by atoms with E-state index in [0.29, 0.717) is 62.2 Å². The van der Waals surface area contributed by atoms with E-state index in [0.717, 1.165) is 19.3 Å². The van der Waals surface area contributed by atoms with Crippen molar-refractivity contribution in [2.75, 3.05) is 43.1 Å². The lowest BCUT2D eigenvalue weighted by molar-refractivity contribution is -0.123. The molecule has 0 unspecified atom stereocenters. The summed E-state index contributed by atoms with van der Waals surface area (Å²) in [5, 5.41) is 12.8. The molecule has 0 spiro atoms. The lowest BCUT2D eigenvalue weighted by atomic mass is 9.83. The fourth-order valence-corrected chi connectivity index (χ4v) is 4.65. The molecule has 170 valence electrons. The summed E-state index contributed by atoms with van der Waals surface area (Å²) < 4.78 is 5.41. The second-order valence-corrected chi connectivity index (χ2v) is 8.78. The van der Waals surface area contributed by atoms with E-state index in [2.05, 4.69) is 21.4 Å². The Morgan fingerprint density at radius 2 is 2.03 bits per heavy atom. The molecule has 9 heteroatoms. The minimum absolute atomic E-state index is 0.0520. The third-order valence-corrected chi connectivity index (χ3v) is 6.66. The highest BCUT2D eigenvalue weighted by atomic mass is 16.5. The second kappa shape index (κ2) is 8.79. The molecule has 0 bridgehead atoms. The Labute approximate surface area is 192 Å². The number of pyridine rings is 2. The van der Waals surface area contributed by atoms with Crippen LogP contribution >= 0.6 is 0 Å². The molecule has 9 nitrogen and oxygen atoms in total. The maximum absolute atomic E-state index is 13.1. The lowest BCUT2D eigenvalue weighted by Crippen LogP contribution is -2.35. The van der Waals surface area contributed by atoms with Gasteiger partial charge in [0.05, 0.1) is 18.2 Å². The molecule has 33 heavy (non-hydrogen) atoms. The fraction of sp³-hybridized carbons (Fsp3) is 0.458. The number of ether oxygens (including phenoxy) is 1. The molecule has 1 N–H and O–H groups in total. The monoisotopic (exact) mass is 446 g/mol. The van der Waals surface area contributed by atoms with Crippen molar-refractivity contribution in [3.63, 3.8) is 0 Å². The normalized spacial score (nSPS) is 23.2. The minimum atomic E-state index is -0.875. The second-order valence-electron chi connectivity index (χ2n) is 8.78. The van der Waals surface area contributed by atoms with Gasteiger partial charge in [-0.05, 0) is 49.8 Å². The van der Waals surface area contributed by atoms with Gasteiger partial charge < -0.3 is 19.9 Å². The molecule has 5 rings (SSSR count). The zero-order chi connectivity index (χ0) is 22.8. The molecule has 2 saturated heterocycles. The van der Waals surface area contributed by atoms with E-state index in [1.807, 2.05) is 0 Å². The summed E-state index contributed by atoms with van der Waals surface area (Å²) in [5.41, 5.74) is 0.366. The van der Waals surface area contributed by atoms with Crippen LogP contribution in [0.15, 0.2) is 36.7 Å². The molecule has 0 radical (unpaired) electrons. The molecule has 2 aromatic rings. The Balaban J connectivity index is 1.27. The Hall–Kier alpha value is -3.51. The van der Waals surface area contributed by atoms with Gasteiger partial charge in [0.25, 0.3) is 5.91 Å². The summed E-state index contributed by atoms with van der Waals surface area (Å²) in [5.74, 6) is 1.12. The standard InChI is InChI=1S/C24H26N6O3/c25-16-24(18-3-4-18)7-10-30(23(24)32)19-6-8-26-21(14-19)28-20-5-2-17(15-27-20)22(31)29-9-1-12-33-13-11-29/h2,5-6,8,14-15,18H,1,3-4,7,9-13H2,(H,26,27,28)/t24-/m1/s1. The Bertz CT molecular complexity index is 1090.